The smallest absolute Gasteiger partial charge is 0.222 e. The Morgan fingerprint density at radius 2 is 1.83 bits per heavy atom. The van der Waals surface area contributed by atoms with Crippen molar-refractivity contribution >= 4 is 5.91 Å². The molecule has 0 aliphatic carbocycles. The van der Waals surface area contributed by atoms with Crippen molar-refractivity contribution in [3.8, 4) is 0 Å². The second-order valence-corrected chi connectivity index (χ2v) is 6.34. The fraction of sp³-hybridized carbons (Fsp3) is 0.350. The van der Waals surface area contributed by atoms with Crippen LogP contribution in [0.15, 0.2) is 42.5 Å². The molecule has 0 bridgehead atoms. The maximum Gasteiger partial charge on any atom is 0.222 e. The minimum Gasteiger partial charge on any atom is -0.338 e. The van der Waals surface area contributed by atoms with E-state index in [1.165, 1.54) is 16.7 Å². The molecule has 1 atom stereocenters. The van der Waals surface area contributed by atoms with Crippen molar-refractivity contribution in [1.82, 2.24) is 4.90 Å². The molecule has 1 unspecified atom stereocenters. The summed E-state index contributed by atoms with van der Waals surface area (Å²) in [5.74, 6) is 0.226. The van der Waals surface area contributed by atoms with Crippen LogP contribution < -0.4 is 5.73 Å². The van der Waals surface area contributed by atoms with E-state index in [2.05, 4.69) is 49.4 Å². The number of carbonyl (C=O) groups is 1. The van der Waals surface area contributed by atoms with Crippen molar-refractivity contribution in [3.05, 3.63) is 70.3 Å². The van der Waals surface area contributed by atoms with Crippen LogP contribution in [0.3, 0.4) is 0 Å². The Balaban J connectivity index is 1.85. The van der Waals surface area contributed by atoms with E-state index in [0.717, 1.165) is 24.1 Å². The van der Waals surface area contributed by atoms with E-state index < -0.39 is 0 Å². The van der Waals surface area contributed by atoms with Crippen LogP contribution in [0.2, 0.25) is 0 Å². The van der Waals surface area contributed by atoms with Gasteiger partial charge in [-0.05, 0) is 35.6 Å². The number of nitrogens with zero attached hydrogens (tertiary/aromatic N) is 1. The minimum atomic E-state index is -0.127. The topological polar surface area (TPSA) is 46.3 Å². The first-order valence-corrected chi connectivity index (χ1v) is 8.30. The van der Waals surface area contributed by atoms with E-state index in [1.54, 1.807) is 0 Å². The summed E-state index contributed by atoms with van der Waals surface area (Å²) in [5, 5.41) is 0. The molecule has 0 aromatic heterocycles. The van der Waals surface area contributed by atoms with E-state index in [0.29, 0.717) is 13.0 Å². The van der Waals surface area contributed by atoms with Gasteiger partial charge in [0.05, 0.1) is 6.04 Å². The van der Waals surface area contributed by atoms with Gasteiger partial charge in [0.1, 0.15) is 0 Å². The van der Waals surface area contributed by atoms with E-state index >= 15 is 0 Å². The number of hydrogen-bond acceptors (Lipinski definition) is 2. The van der Waals surface area contributed by atoms with Gasteiger partial charge in [-0.1, -0.05) is 55.0 Å². The van der Waals surface area contributed by atoms with E-state index in [4.69, 9.17) is 5.73 Å². The molecular weight excluding hydrogens is 284 g/mol. The number of rotatable bonds is 3. The molecule has 0 fully saturated rings. The molecule has 1 aliphatic heterocycles. The van der Waals surface area contributed by atoms with Crippen LogP contribution in [0.25, 0.3) is 0 Å². The molecule has 0 radical (unpaired) electrons. The molecule has 1 aliphatic rings. The Hall–Kier alpha value is -2.13. The van der Waals surface area contributed by atoms with Crippen molar-refractivity contribution in [3.63, 3.8) is 0 Å². The fourth-order valence-electron chi connectivity index (χ4n) is 3.17. The highest BCUT2D eigenvalue weighted by Gasteiger charge is 2.20. The van der Waals surface area contributed by atoms with Crippen LogP contribution in [0.1, 0.15) is 47.2 Å². The zero-order valence-electron chi connectivity index (χ0n) is 13.9. The van der Waals surface area contributed by atoms with Gasteiger partial charge in [0, 0.05) is 19.5 Å². The molecule has 3 heteroatoms. The van der Waals surface area contributed by atoms with E-state index in [1.807, 2.05) is 11.8 Å². The van der Waals surface area contributed by atoms with Crippen molar-refractivity contribution in [2.75, 3.05) is 6.54 Å². The Bertz CT molecular complexity index is 706. The monoisotopic (exact) mass is 308 g/mol. The number of fused-ring (bicyclic) bond motifs is 1. The lowest BCUT2D eigenvalue weighted by molar-refractivity contribution is -0.131. The third-order valence-corrected chi connectivity index (χ3v) is 4.69. The van der Waals surface area contributed by atoms with Gasteiger partial charge >= 0.3 is 0 Å². The normalized spacial score (nSPS) is 15.2. The number of benzene rings is 2. The maximum absolute atomic E-state index is 12.0. The van der Waals surface area contributed by atoms with Crippen LogP contribution >= 0.6 is 0 Å². The van der Waals surface area contributed by atoms with Crippen LogP contribution in [0, 0.1) is 6.92 Å². The van der Waals surface area contributed by atoms with E-state index in [9.17, 15) is 4.79 Å². The zero-order chi connectivity index (χ0) is 16.4. The number of carbonyl (C=O) groups excluding carboxylic acids is 1. The summed E-state index contributed by atoms with van der Waals surface area (Å²) < 4.78 is 0. The van der Waals surface area contributed by atoms with Crippen molar-refractivity contribution < 1.29 is 4.79 Å². The van der Waals surface area contributed by atoms with Crippen LogP contribution in [0.5, 0.6) is 0 Å². The minimum absolute atomic E-state index is 0.127. The lowest BCUT2D eigenvalue weighted by atomic mass is 9.92. The second kappa shape index (κ2) is 6.55. The summed E-state index contributed by atoms with van der Waals surface area (Å²) in [6, 6.07) is 14.7. The predicted octanol–water partition coefficient (Wildman–Crippen LogP) is 3.34. The Morgan fingerprint density at radius 1 is 1.13 bits per heavy atom. The molecular formula is C20H24N2O. The van der Waals surface area contributed by atoms with Crippen LogP contribution in [0.4, 0.5) is 0 Å². The summed E-state index contributed by atoms with van der Waals surface area (Å²) in [7, 11) is 0. The largest absolute Gasteiger partial charge is 0.338 e. The molecule has 0 spiro atoms. The third-order valence-electron chi connectivity index (χ3n) is 4.69. The van der Waals surface area contributed by atoms with Crippen molar-refractivity contribution in [2.24, 2.45) is 5.73 Å². The average Bonchev–Trinajstić information content (AvgIpc) is 2.60. The summed E-state index contributed by atoms with van der Waals surface area (Å²) in [4.78, 5) is 13.9. The fourth-order valence-corrected chi connectivity index (χ4v) is 3.17. The highest BCUT2D eigenvalue weighted by molar-refractivity contribution is 5.76. The Kier molecular flexibility index (Phi) is 4.49. The van der Waals surface area contributed by atoms with Gasteiger partial charge in [-0.25, -0.2) is 0 Å². The quantitative estimate of drug-likeness (QED) is 0.945. The summed E-state index contributed by atoms with van der Waals surface area (Å²) in [6.45, 7) is 5.52. The zero-order valence-corrected chi connectivity index (χ0v) is 13.9. The predicted molar refractivity (Wildman–Crippen MR) is 93.1 cm³/mol. The summed E-state index contributed by atoms with van der Waals surface area (Å²) in [5.41, 5.74) is 12.5. The van der Waals surface area contributed by atoms with Crippen molar-refractivity contribution in [1.29, 1.82) is 0 Å². The number of aryl methyl sites for hydroxylation is 1. The first-order valence-electron chi connectivity index (χ1n) is 8.30. The molecule has 2 N–H and O–H groups in total. The number of amides is 1. The van der Waals surface area contributed by atoms with Gasteiger partial charge in [-0.3, -0.25) is 4.79 Å². The van der Waals surface area contributed by atoms with Gasteiger partial charge in [0.15, 0.2) is 0 Å². The number of hydrogen-bond donors (Lipinski definition) is 1. The van der Waals surface area contributed by atoms with Crippen molar-refractivity contribution in [2.45, 2.75) is 39.3 Å². The van der Waals surface area contributed by atoms with Gasteiger partial charge in [0.2, 0.25) is 5.91 Å². The van der Waals surface area contributed by atoms with Gasteiger partial charge in [-0.2, -0.15) is 0 Å². The van der Waals surface area contributed by atoms with E-state index in [-0.39, 0.29) is 11.9 Å². The SMILES string of the molecule is CCC(=O)N1CCc2ccc(C(N)c3ccc(C)cc3)cc2C1. The standard InChI is InChI=1S/C20H24N2O/c1-3-19(23)22-11-10-15-8-9-17(12-18(15)13-22)20(21)16-6-4-14(2)5-7-16/h4-9,12,20H,3,10-11,13,21H2,1-2H3. The lowest BCUT2D eigenvalue weighted by Gasteiger charge is -2.29. The first kappa shape index (κ1) is 15.8. The molecule has 3 nitrogen and oxygen atoms in total. The lowest BCUT2D eigenvalue weighted by Crippen LogP contribution is -2.35. The second-order valence-electron chi connectivity index (χ2n) is 6.34. The Morgan fingerprint density at radius 3 is 2.52 bits per heavy atom. The highest BCUT2D eigenvalue weighted by Crippen LogP contribution is 2.26. The van der Waals surface area contributed by atoms with Gasteiger partial charge in [0.25, 0.3) is 0 Å². The first-order chi connectivity index (χ1) is 11.1. The third kappa shape index (κ3) is 3.30. The maximum atomic E-state index is 12.0. The van der Waals surface area contributed by atoms with Crippen LogP contribution in [-0.4, -0.2) is 17.4 Å². The molecule has 0 saturated heterocycles. The highest BCUT2D eigenvalue weighted by atomic mass is 16.2. The molecule has 1 amide bonds. The summed E-state index contributed by atoms with van der Waals surface area (Å²) >= 11 is 0. The molecule has 2 aromatic carbocycles. The molecule has 0 saturated carbocycles. The molecule has 23 heavy (non-hydrogen) atoms. The molecule has 1 heterocycles. The molecule has 120 valence electrons. The number of nitrogens with two attached hydrogens (primary N) is 1. The van der Waals surface area contributed by atoms with Gasteiger partial charge in [-0.15, -0.1) is 0 Å². The molecule has 3 rings (SSSR count). The Labute approximate surface area is 138 Å². The average molecular weight is 308 g/mol. The summed E-state index contributed by atoms with van der Waals surface area (Å²) in [6.07, 6.45) is 1.50. The van der Waals surface area contributed by atoms with Gasteiger partial charge < -0.3 is 10.6 Å². The van der Waals surface area contributed by atoms with Crippen LogP contribution in [-0.2, 0) is 17.8 Å². The molecule has 2 aromatic rings.